The number of carboxylic acids is 1. The molecule has 3 atom stereocenters. The first-order chi connectivity index (χ1) is 10.2. The summed E-state index contributed by atoms with van der Waals surface area (Å²) in [6.07, 6.45) is 6.71. The van der Waals surface area contributed by atoms with Crippen molar-refractivity contribution in [3.05, 3.63) is 29.8 Å². The van der Waals surface area contributed by atoms with Crippen molar-refractivity contribution in [1.29, 1.82) is 0 Å². The Kier molecular flexibility index (Phi) is 4.18. The molecule has 3 rings (SSSR count). The molecule has 0 amide bonds. The lowest BCUT2D eigenvalue weighted by molar-refractivity contribution is -0.137. The first-order valence-corrected chi connectivity index (χ1v) is 8.28. The van der Waals surface area contributed by atoms with Gasteiger partial charge in [-0.05, 0) is 30.4 Å². The molecule has 0 saturated heterocycles. The fourth-order valence-electron chi connectivity index (χ4n) is 4.30. The molecule has 3 unspecified atom stereocenters. The second-order valence-corrected chi connectivity index (χ2v) is 6.53. The molecule has 1 saturated carbocycles. The van der Waals surface area contributed by atoms with E-state index in [1.54, 1.807) is 0 Å². The second-order valence-electron chi connectivity index (χ2n) is 6.53. The number of para-hydroxylation sites is 1. The quantitative estimate of drug-likeness (QED) is 0.908. The van der Waals surface area contributed by atoms with Gasteiger partial charge in [0.05, 0.1) is 6.42 Å². The highest BCUT2D eigenvalue weighted by Crippen LogP contribution is 2.43. The van der Waals surface area contributed by atoms with Crippen LogP contribution in [-0.4, -0.2) is 23.7 Å². The van der Waals surface area contributed by atoms with Crippen molar-refractivity contribution in [2.45, 2.75) is 57.4 Å². The molecule has 114 valence electrons. The van der Waals surface area contributed by atoms with Gasteiger partial charge in [-0.3, -0.25) is 4.79 Å². The summed E-state index contributed by atoms with van der Waals surface area (Å²) >= 11 is 0. The maximum atomic E-state index is 11.2. The van der Waals surface area contributed by atoms with E-state index in [1.165, 1.54) is 43.4 Å². The minimum absolute atomic E-state index is 0.151. The van der Waals surface area contributed by atoms with Crippen molar-refractivity contribution >= 4 is 11.7 Å². The third-order valence-corrected chi connectivity index (χ3v) is 5.32. The summed E-state index contributed by atoms with van der Waals surface area (Å²) < 4.78 is 0. The molecule has 1 aromatic carbocycles. The average molecular weight is 287 g/mol. The third kappa shape index (κ3) is 2.78. The summed E-state index contributed by atoms with van der Waals surface area (Å²) in [6, 6.07) is 9.02. The molecule has 1 aliphatic carbocycles. The molecule has 3 heteroatoms. The highest BCUT2D eigenvalue weighted by atomic mass is 16.4. The molecule has 0 spiro atoms. The molecule has 2 aliphatic rings. The molecular formula is C18H25NO2. The number of anilines is 1. The van der Waals surface area contributed by atoms with Gasteiger partial charge in [-0.1, -0.05) is 44.4 Å². The Morgan fingerprint density at radius 3 is 2.81 bits per heavy atom. The zero-order chi connectivity index (χ0) is 14.8. The van der Waals surface area contributed by atoms with E-state index < -0.39 is 5.97 Å². The number of fused-ring (bicyclic) bond motifs is 1. The Balaban J connectivity index is 1.88. The topological polar surface area (TPSA) is 40.5 Å². The monoisotopic (exact) mass is 287 g/mol. The van der Waals surface area contributed by atoms with Gasteiger partial charge in [0, 0.05) is 24.2 Å². The van der Waals surface area contributed by atoms with E-state index in [0.717, 1.165) is 12.5 Å². The van der Waals surface area contributed by atoms with E-state index in [1.807, 2.05) is 6.07 Å². The number of carbonyl (C=O) groups is 1. The first kappa shape index (κ1) is 14.4. The highest BCUT2D eigenvalue weighted by Gasteiger charge is 2.37. The van der Waals surface area contributed by atoms with Gasteiger partial charge in [-0.15, -0.1) is 0 Å². The SMILES string of the molecule is CCC1CCCCC1N1CC(CC(=O)O)c2ccccc21. The van der Waals surface area contributed by atoms with Gasteiger partial charge >= 0.3 is 5.97 Å². The van der Waals surface area contributed by atoms with Gasteiger partial charge in [0.15, 0.2) is 0 Å². The molecule has 21 heavy (non-hydrogen) atoms. The molecular weight excluding hydrogens is 262 g/mol. The number of rotatable bonds is 4. The number of nitrogens with zero attached hydrogens (tertiary/aromatic N) is 1. The molecule has 1 fully saturated rings. The van der Waals surface area contributed by atoms with Crippen LogP contribution in [0, 0.1) is 5.92 Å². The smallest absolute Gasteiger partial charge is 0.304 e. The van der Waals surface area contributed by atoms with Crippen molar-refractivity contribution < 1.29 is 9.90 Å². The predicted octanol–water partition coefficient (Wildman–Crippen LogP) is 4.03. The summed E-state index contributed by atoms with van der Waals surface area (Å²) in [5.41, 5.74) is 2.52. The Bertz CT molecular complexity index is 514. The fourth-order valence-corrected chi connectivity index (χ4v) is 4.30. The first-order valence-electron chi connectivity index (χ1n) is 8.28. The van der Waals surface area contributed by atoms with E-state index in [4.69, 9.17) is 0 Å². The number of aliphatic carboxylic acids is 1. The fraction of sp³-hybridized carbons (Fsp3) is 0.611. The maximum Gasteiger partial charge on any atom is 0.304 e. The van der Waals surface area contributed by atoms with E-state index in [-0.39, 0.29) is 12.3 Å². The van der Waals surface area contributed by atoms with Crippen LogP contribution in [0.1, 0.15) is 56.9 Å². The van der Waals surface area contributed by atoms with Crippen LogP contribution in [-0.2, 0) is 4.79 Å². The summed E-state index contributed by atoms with van der Waals surface area (Å²) in [6.45, 7) is 3.17. The van der Waals surface area contributed by atoms with Crippen molar-refractivity contribution in [2.24, 2.45) is 5.92 Å². The number of carboxylic acid groups (broad SMARTS) is 1. The lowest BCUT2D eigenvalue weighted by Crippen LogP contribution is -2.42. The van der Waals surface area contributed by atoms with Crippen LogP contribution >= 0.6 is 0 Å². The summed E-state index contributed by atoms with van der Waals surface area (Å²) in [4.78, 5) is 13.7. The van der Waals surface area contributed by atoms with E-state index >= 15 is 0 Å². The predicted molar refractivity (Wildman–Crippen MR) is 84.8 cm³/mol. The van der Waals surface area contributed by atoms with Gasteiger partial charge in [-0.25, -0.2) is 0 Å². The van der Waals surface area contributed by atoms with Crippen LogP contribution in [0.3, 0.4) is 0 Å². The van der Waals surface area contributed by atoms with Gasteiger partial charge in [0.25, 0.3) is 0 Å². The molecule has 1 N–H and O–H groups in total. The minimum atomic E-state index is -0.688. The normalized spacial score (nSPS) is 28.4. The van der Waals surface area contributed by atoms with Crippen LogP contribution in [0.15, 0.2) is 24.3 Å². The highest BCUT2D eigenvalue weighted by molar-refractivity contribution is 5.71. The van der Waals surface area contributed by atoms with E-state index in [0.29, 0.717) is 6.04 Å². The third-order valence-electron chi connectivity index (χ3n) is 5.32. The summed E-state index contributed by atoms with van der Waals surface area (Å²) in [5, 5.41) is 9.18. The Morgan fingerprint density at radius 2 is 2.05 bits per heavy atom. The minimum Gasteiger partial charge on any atom is -0.481 e. The molecule has 3 nitrogen and oxygen atoms in total. The number of hydrogen-bond acceptors (Lipinski definition) is 2. The molecule has 0 aromatic heterocycles. The van der Waals surface area contributed by atoms with Crippen LogP contribution in [0.25, 0.3) is 0 Å². The van der Waals surface area contributed by atoms with Crippen LogP contribution in [0.5, 0.6) is 0 Å². The number of benzene rings is 1. The van der Waals surface area contributed by atoms with Crippen LogP contribution < -0.4 is 4.90 Å². The second kappa shape index (κ2) is 6.08. The molecule has 0 bridgehead atoms. The summed E-state index contributed by atoms with van der Waals surface area (Å²) in [7, 11) is 0. The van der Waals surface area contributed by atoms with Crippen molar-refractivity contribution in [3.63, 3.8) is 0 Å². The zero-order valence-electron chi connectivity index (χ0n) is 12.8. The lowest BCUT2D eigenvalue weighted by Gasteiger charge is -2.39. The van der Waals surface area contributed by atoms with Crippen molar-refractivity contribution in [1.82, 2.24) is 0 Å². The van der Waals surface area contributed by atoms with Gasteiger partial charge < -0.3 is 10.0 Å². The molecule has 1 aliphatic heterocycles. The Labute approximate surface area is 127 Å². The van der Waals surface area contributed by atoms with Gasteiger partial charge in [0.1, 0.15) is 0 Å². The number of hydrogen-bond donors (Lipinski definition) is 1. The average Bonchev–Trinajstić information content (AvgIpc) is 2.85. The van der Waals surface area contributed by atoms with Crippen molar-refractivity contribution in [3.8, 4) is 0 Å². The largest absolute Gasteiger partial charge is 0.481 e. The summed E-state index contributed by atoms with van der Waals surface area (Å²) in [5.74, 6) is 0.223. The van der Waals surface area contributed by atoms with Gasteiger partial charge in [0.2, 0.25) is 0 Å². The molecule has 0 radical (unpaired) electrons. The van der Waals surface area contributed by atoms with Gasteiger partial charge in [-0.2, -0.15) is 0 Å². The van der Waals surface area contributed by atoms with Crippen LogP contribution in [0.2, 0.25) is 0 Å². The molecule has 1 aromatic rings. The Morgan fingerprint density at radius 1 is 1.29 bits per heavy atom. The standard InChI is InChI=1S/C18H25NO2/c1-2-13-7-3-5-9-16(13)19-12-14(11-18(20)21)15-8-4-6-10-17(15)19/h4,6,8,10,13-14,16H,2-3,5,7,9,11-12H2,1H3,(H,20,21). The van der Waals surface area contributed by atoms with E-state index in [2.05, 4.69) is 30.0 Å². The Hall–Kier alpha value is -1.51. The van der Waals surface area contributed by atoms with E-state index in [9.17, 15) is 9.90 Å². The maximum absolute atomic E-state index is 11.2. The lowest BCUT2D eigenvalue weighted by atomic mass is 9.82. The zero-order valence-corrected chi connectivity index (χ0v) is 12.8. The van der Waals surface area contributed by atoms with Crippen molar-refractivity contribution in [2.75, 3.05) is 11.4 Å². The molecule has 1 heterocycles. The van der Waals surface area contributed by atoms with Crippen LogP contribution in [0.4, 0.5) is 5.69 Å².